The van der Waals surface area contributed by atoms with Crippen LogP contribution in [-0.4, -0.2) is 36.5 Å². The first kappa shape index (κ1) is 12.5. The summed E-state index contributed by atoms with van der Waals surface area (Å²) in [6.45, 7) is 4.37. The predicted molar refractivity (Wildman–Crippen MR) is 52.3 cm³/mol. The molecule has 0 bridgehead atoms. The number of carbonyl (C=O) groups is 2. The van der Waals surface area contributed by atoms with Gasteiger partial charge in [0.05, 0.1) is 13.2 Å². The van der Waals surface area contributed by atoms with Crippen molar-refractivity contribution in [2.45, 2.75) is 20.3 Å². The Morgan fingerprint density at radius 1 is 1.43 bits per heavy atom. The lowest BCUT2D eigenvalue weighted by atomic mass is 10.4. The van der Waals surface area contributed by atoms with E-state index in [9.17, 15) is 9.59 Å². The van der Waals surface area contributed by atoms with Gasteiger partial charge in [0.25, 0.3) is 0 Å². The SMILES string of the molecule is C#CCN(CCC)C(=O)C(=O)OCC. The molecule has 0 unspecified atom stereocenters. The molecule has 4 heteroatoms. The van der Waals surface area contributed by atoms with Gasteiger partial charge in [0.1, 0.15) is 0 Å². The van der Waals surface area contributed by atoms with E-state index in [1.54, 1.807) is 6.92 Å². The van der Waals surface area contributed by atoms with E-state index in [0.29, 0.717) is 6.54 Å². The van der Waals surface area contributed by atoms with Crippen LogP contribution < -0.4 is 0 Å². The molecule has 4 nitrogen and oxygen atoms in total. The summed E-state index contributed by atoms with van der Waals surface area (Å²) in [5, 5.41) is 0. The van der Waals surface area contributed by atoms with Crippen LogP contribution in [0.5, 0.6) is 0 Å². The fourth-order valence-corrected chi connectivity index (χ4v) is 0.954. The summed E-state index contributed by atoms with van der Waals surface area (Å²) < 4.78 is 4.58. The zero-order valence-corrected chi connectivity index (χ0v) is 8.58. The highest BCUT2D eigenvalue weighted by Crippen LogP contribution is 1.94. The Kier molecular flexibility index (Phi) is 6.21. The standard InChI is InChI=1S/C10H15NO3/c1-4-7-11(8-5-2)9(12)10(13)14-6-3/h1H,5-8H2,2-3H3. The molecule has 0 aromatic carbocycles. The largest absolute Gasteiger partial charge is 0.459 e. The number of nitrogens with zero attached hydrogens (tertiary/aromatic N) is 1. The molecule has 0 fully saturated rings. The Morgan fingerprint density at radius 3 is 2.50 bits per heavy atom. The van der Waals surface area contributed by atoms with Crippen LogP contribution in [0.3, 0.4) is 0 Å². The summed E-state index contributed by atoms with van der Waals surface area (Å²) in [6, 6.07) is 0. The van der Waals surface area contributed by atoms with Crippen molar-refractivity contribution in [2.24, 2.45) is 0 Å². The van der Waals surface area contributed by atoms with Crippen molar-refractivity contribution in [3.63, 3.8) is 0 Å². The predicted octanol–water partition coefficient (Wildman–Crippen LogP) is 0.421. The minimum Gasteiger partial charge on any atom is -0.459 e. The van der Waals surface area contributed by atoms with Gasteiger partial charge >= 0.3 is 11.9 Å². The molecule has 0 spiro atoms. The Bertz CT molecular complexity index is 242. The third-order valence-electron chi connectivity index (χ3n) is 1.51. The van der Waals surface area contributed by atoms with Crippen LogP contribution in [0.25, 0.3) is 0 Å². The number of carbonyl (C=O) groups excluding carboxylic acids is 2. The molecule has 0 saturated heterocycles. The van der Waals surface area contributed by atoms with Gasteiger partial charge < -0.3 is 9.64 Å². The number of ether oxygens (including phenoxy) is 1. The van der Waals surface area contributed by atoms with Crippen LogP contribution in [0.1, 0.15) is 20.3 Å². The Labute approximate surface area is 84.2 Å². The second-order valence-electron chi connectivity index (χ2n) is 2.65. The molecule has 0 aliphatic rings. The van der Waals surface area contributed by atoms with Gasteiger partial charge in [-0.15, -0.1) is 6.42 Å². The molecule has 78 valence electrons. The average Bonchev–Trinajstić information content (AvgIpc) is 2.17. The molecule has 0 saturated carbocycles. The van der Waals surface area contributed by atoms with Crippen molar-refractivity contribution in [3.8, 4) is 12.3 Å². The van der Waals surface area contributed by atoms with Crippen molar-refractivity contribution in [3.05, 3.63) is 0 Å². The molecule has 1 amide bonds. The van der Waals surface area contributed by atoms with Gasteiger partial charge in [0, 0.05) is 6.54 Å². The number of hydrogen-bond acceptors (Lipinski definition) is 3. The maximum Gasteiger partial charge on any atom is 0.397 e. The molecule has 0 aliphatic heterocycles. The van der Waals surface area contributed by atoms with E-state index in [2.05, 4.69) is 10.7 Å². The normalized spacial score (nSPS) is 8.93. The van der Waals surface area contributed by atoms with Crippen LogP contribution in [0.15, 0.2) is 0 Å². The van der Waals surface area contributed by atoms with E-state index in [1.807, 2.05) is 6.92 Å². The van der Waals surface area contributed by atoms with Crippen molar-refractivity contribution in [2.75, 3.05) is 19.7 Å². The molecular formula is C10H15NO3. The zero-order valence-electron chi connectivity index (χ0n) is 8.58. The Morgan fingerprint density at radius 2 is 2.07 bits per heavy atom. The van der Waals surface area contributed by atoms with E-state index >= 15 is 0 Å². The third kappa shape index (κ3) is 3.94. The van der Waals surface area contributed by atoms with Gasteiger partial charge in [-0.05, 0) is 13.3 Å². The van der Waals surface area contributed by atoms with Gasteiger partial charge in [-0.1, -0.05) is 12.8 Å². The highest BCUT2D eigenvalue weighted by atomic mass is 16.5. The second-order valence-corrected chi connectivity index (χ2v) is 2.65. The number of terminal acetylenes is 1. The third-order valence-corrected chi connectivity index (χ3v) is 1.51. The van der Waals surface area contributed by atoms with Gasteiger partial charge in [-0.2, -0.15) is 0 Å². The van der Waals surface area contributed by atoms with Gasteiger partial charge in [0.2, 0.25) is 0 Å². The lowest BCUT2D eigenvalue weighted by molar-refractivity contribution is -0.159. The molecule has 0 aromatic rings. The summed E-state index contributed by atoms with van der Waals surface area (Å²) >= 11 is 0. The van der Waals surface area contributed by atoms with E-state index < -0.39 is 11.9 Å². The molecule has 0 rings (SSSR count). The molecule has 0 atom stereocenters. The Balaban J connectivity index is 4.28. The van der Waals surface area contributed by atoms with Crippen LogP contribution >= 0.6 is 0 Å². The van der Waals surface area contributed by atoms with Crippen LogP contribution in [0, 0.1) is 12.3 Å². The molecule has 0 N–H and O–H groups in total. The average molecular weight is 197 g/mol. The van der Waals surface area contributed by atoms with Crippen LogP contribution in [0.2, 0.25) is 0 Å². The maximum atomic E-state index is 11.4. The van der Waals surface area contributed by atoms with Crippen molar-refractivity contribution in [1.29, 1.82) is 0 Å². The molecule has 0 aromatic heterocycles. The van der Waals surface area contributed by atoms with Crippen molar-refractivity contribution < 1.29 is 14.3 Å². The summed E-state index contributed by atoms with van der Waals surface area (Å²) in [5.74, 6) is 0.830. The first-order valence-electron chi connectivity index (χ1n) is 4.56. The molecule has 0 aliphatic carbocycles. The summed E-state index contributed by atoms with van der Waals surface area (Å²) in [7, 11) is 0. The maximum absolute atomic E-state index is 11.4. The topological polar surface area (TPSA) is 46.6 Å². The monoisotopic (exact) mass is 197 g/mol. The molecule has 0 heterocycles. The number of rotatable bonds is 4. The Hall–Kier alpha value is -1.50. The van der Waals surface area contributed by atoms with Gasteiger partial charge in [0.15, 0.2) is 0 Å². The quantitative estimate of drug-likeness (QED) is 0.373. The zero-order chi connectivity index (χ0) is 11.0. The first-order valence-corrected chi connectivity index (χ1v) is 4.56. The molecule has 0 radical (unpaired) electrons. The van der Waals surface area contributed by atoms with E-state index in [4.69, 9.17) is 6.42 Å². The van der Waals surface area contributed by atoms with Crippen molar-refractivity contribution in [1.82, 2.24) is 4.90 Å². The van der Waals surface area contributed by atoms with Crippen LogP contribution in [-0.2, 0) is 14.3 Å². The van der Waals surface area contributed by atoms with Gasteiger partial charge in [-0.3, -0.25) is 4.79 Å². The van der Waals surface area contributed by atoms with E-state index in [-0.39, 0.29) is 13.2 Å². The fourth-order valence-electron chi connectivity index (χ4n) is 0.954. The smallest absolute Gasteiger partial charge is 0.397 e. The number of hydrogen-bond donors (Lipinski definition) is 0. The summed E-state index contributed by atoms with van der Waals surface area (Å²) in [6.07, 6.45) is 5.83. The highest BCUT2D eigenvalue weighted by Gasteiger charge is 2.21. The molecule has 14 heavy (non-hydrogen) atoms. The lowest BCUT2D eigenvalue weighted by Crippen LogP contribution is -2.38. The second kappa shape index (κ2) is 6.96. The highest BCUT2D eigenvalue weighted by molar-refractivity contribution is 6.32. The summed E-state index contributed by atoms with van der Waals surface area (Å²) in [4.78, 5) is 23.7. The fraction of sp³-hybridized carbons (Fsp3) is 0.600. The molecular weight excluding hydrogens is 182 g/mol. The van der Waals surface area contributed by atoms with Gasteiger partial charge in [-0.25, -0.2) is 4.79 Å². The lowest BCUT2D eigenvalue weighted by Gasteiger charge is -2.17. The van der Waals surface area contributed by atoms with Crippen LogP contribution in [0.4, 0.5) is 0 Å². The van der Waals surface area contributed by atoms with E-state index in [0.717, 1.165) is 6.42 Å². The minimum absolute atomic E-state index is 0.144. The summed E-state index contributed by atoms with van der Waals surface area (Å²) in [5.41, 5.74) is 0. The van der Waals surface area contributed by atoms with Crippen molar-refractivity contribution >= 4 is 11.9 Å². The number of esters is 1. The minimum atomic E-state index is -0.837. The number of amides is 1. The first-order chi connectivity index (χ1) is 6.67. The van der Waals surface area contributed by atoms with E-state index in [1.165, 1.54) is 4.90 Å².